The SMILES string of the molecule is CCNC(c1cc(C)cc(C)n1)c1cccs1. The van der Waals surface area contributed by atoms with Crippen LogP contribution in [0.3, 0.4) is 0 Å². The van der Waals surface area contributed by atoms with Gasteiger partial charge in [-0.05, 0) is 49.5 Å². The fourth-order valence-corrected chi connectivity index (χ4v) is 2.84. The van der Waals surface area contributed by atoms with Gasteiger partial charge in [0.05, 0.1) is 11.7 Å². The second-order valence-corrected chi connectivity index (χ2v) is 5.20. The predicted molar refractivity (Wildman–Crippen MR) is 73.5 cm³/mol. The van der Waals surface area contributed by atoms with Crippen molar-refractivity contribution in [3.63, 3.8) is 0 Å². The van der Waals surface area contributed by atoms with Crippen molar-refractivity contribution in [1.82, 2.24) is 10.3 Å². The summed E-state index contributed by atoms with van der Waals surface area (Å²) in [7, 11) is 0. The maximum absolute atomic E-state index is 4.65. The predicted octanol–water partition coefficient (Wildman–Crippen LogP) is 3.46. The molecule has 0 saturated carbocycles. The molecule has 0 bridgehead atoms. The number of aryl methyl sites for hydroxylation is 2. The van der Waals surface area contributed by atoms with Crippen molar-refractivity contribution in [2.75, 3.05) is 6.54 Å². The maximum atomic E-state index is 4.65. The Balaban J connectivity index is 2.38. The highest BCUT2D eigenvalue weighted by Crippen LogP contribution is 2.25. The molecule has 0 aliphatic carbocycles. The minimum absolute atomic E-state index is 0.221. The van der Waals surface area contributed by atoms with Crippen LogP contribution in [0.25, 0.3) is 0 Å². The first-order valence-electron chi connectivity index (χ1n) is 5.92. The molecule has 2 aromatic heterocycles. The maximum Gasteiger partial charge on any atom is 0.0845 e. The van der Waals surface area contributed by atoms with Crippen LogP contribution >= 0.6 is 11.3 Å². The van der Waals surface area contributed by atoms with Crippen LogP contribution in [0.1, 0.15) is 34.8 Å². The highest BCUT2D eigenvalue weighted by Gasteiger charge is 2.15. The number of thiophene rings is 1. The molecular formula is C14H18N2S. The van der Waals surface area contributed by atoms with Crippen molar-refractivity contribution < 1.29 is 0 Å². The number of nitrogens with one attached hydrogen (secondary N) is 1. The van der Waals surface area contributed by atoms with Crippen LogP contribution in [0.15, 0.2) is 29.6 Å². The van der Waals surface area contributed by atoms with Crippen molar-refractivity contribution in [3.8, 4) is 0 Å². The largest absolute Gasteiger partial charge is 0.305 e. The summed E-state index contributed by atoms with van der Waals surface area (Å²) in [5, 5.41) is 5.62. The third-order valence-electron chi connectivity index (χ3n) is 2.65. The number of nitrogens with zero attached hydrogens (tertiary/aromatic N) is 1. The third kappa shape index (κ3) is 2.93. The lowest BCUT2D eigenvalue weighted by Gasteiger charge is -2.17. The van der Waals surface area contributed by atoms with E-state index in [1.807, 2.05) is 6.92 Å². The van der Waals surface area contributed by atoms with E-state index in [0.29, 0.717) is 0 Å². The fraction of sp³-hybridized carbons (Fsp3) is 0.357. The van der Waals surface area contributed by atoms with Crippen LogP contribution in [-0.2, 0) is 0 Å². The van der Waals surface area contributed by atoms with E-state index in [0.717, 1.165) is 17.9 Å². The second-order valence-electron chi connectivity index (χ2n) is 4.22. The molecule has 0 radical (unpaired) electrons. The summed E-state index contributed by atoms with van der Waals surface area (Å²) in [5.74, 6) is 0. The van der Waals surface area contributed by atoms with Gasteiger partial charge in [-0.3, -0.25) is 4.98 Å². The van der Waals surface area contributed by atoms with E-state index < -0.39 is 0 Å². The van der Waals surface area contributed by atoms with Gasteiger partial charge in [-0.2, -0.15) is 0 Å². The van der Waals surface area contributed by atoms with E-state index in [9.17, 15) is 0 Å². The normalized spacial score (nSPS) is 12.6. The lowest BCUT2D eigenvalue weighted by molar-refractivity contribution is 0.622. The molecule has 0 fully saturated rings. The van der Waals surface area contributed by atoms with Crippen molar-refractivity contribution >= 4 is 11.3 Å². The first-order chi connectivity index (χ1) is 8.20. The van der Waals surface area contributed by atoms with Crippen LogP contribution in [0.5, 0.6) is 0 Å². The molecule has 1 N–H and O–H groups in total. The zero-order valence-electron chi connectivity index (χ0n) is 10.5. The van der Waals surface area contributed by atoms with Crippen LogP contribution in [0.4, 0.5) is 0 Å². The Morgan fingerprint density at radius 3 is 2.76 bits per heavy atom. The van der Waals surface area contributed by atoms with E-state index in [-0.39, 0.29) is 6.04 Å². The van der Waals surface area contributed by atoms with Gasteiger partial charge in [0.25, 0.3) is 0 Å². The molecule has 90 valence electrons. The van der Waals surface area contributed by atoms with Crippen molar-refractivity contribution in [2.45, 2.75) is 26.8 Å². The topological polar surface area (TPSA) is 24.9 Å². The standard InChI is InChI=1S/C14H18N2S/c1-4-15-14(13-6-5-7-17-13)12-9-10(2)8-11(3)16-12/h5-9,14-15H,4H2,1-3H3. The van der Waals surface area contributed by atoms with E-state index in [4.69, 9.17) is 0 Å². The van der Waals surface area contributed by atoms with Gasteiger partial charge in [-0.1, -0.05) is 13.0 Å². The smallest absolute Gasteiger partial charge is 0.0845 e. The molecule has 0 amide bonds. The second kappa shape index (κ2) is 5.43. The number of aromatic nitrogens is 1. The molecule has 1 atom stereocenters. The Morgan fingerprint density at radius 1 is 1.35 bits per heavy atom. The summed E-state index contributed by atoms with van der Waals surface area (Å²) in [4.78, 5) is 5.98. The summed E-state index contributed by atoms with van der Waals surface area (Å²) in [6, 6.07) is 8.75. The van der Waals surface area contributed by atoms with Crippen LogP contribution in [0.2, 0.25) is 0 Å². The average Bonchev–Trinajstić information content (AvgIpc) is 2.77. The number of hydrogen-bond acceptors (Lipinski definition) is 3. The fourth-order valence-electron chi connectivity index (χ4n) is 2.03. The quantitative estimate of drug-likeness (QED) is 0.893. The molecule has 2 nitrogen and oxygen atoms in total. The first-order valence-corrected chi connectivity index (χ1v) is 6.80. The highest BCUT2D eigenvalue weighted by molar-refractivity contribution is 7.10. The third-order valence-corrected chi connectivity index (χ3v) is 3.59. The Kier molecular flexibility index (Phi) is 3.92. The summed E-state index contributed by atoms with van der Waals surface area (Å²) in [6.45, 7) is 7.24. The Hall–Kier alpha value is -1.19. The minimum atomic E-state index is 0.221. The van der Waals surface area contributed by atoms with E-state index in [1.54, 1.807) is 11.3 Å². The van der Waals surface area contributed by atoms with E-state index >= 15 is 0 Å². The van der Waals surface area contributed by atoms with Gasteiger partial charge in [0.15, 0.2) is 0 Å². The van der Waals surface area contributed by atoms with Gasteiger partial charge in [-0.15, -0.1) is 11.3 Å². The van der Waals surface area contributed by atoms with Crippen LogP contribution < -0.4 is 5.32 Å². The number of rotatable bonds is 4. The first kappa shape index (κ1) is 12.3. The lowest BCUT2D eigenvalue weighted by Crippen LogP contribution is -2.22. The molecule has 17 heavy (non-hydrogen) atoms. The molecule has 1 unspecified atom stereocenters. The summed E-state index contributed by atoms with van der Waals surface area (Å²) >= 11 is 1.78. The van der Waals surface area contributed by atoms with Gasteiger partial charge < -0.3 is 5.32 Å². The molecule has 2 rings (SSSR count). The van der Waals surface area contributed by atoms with Gasteiger partial charge in [0.2, 0.25) is 0 Å². The Labute approximate surface area is 107 Å². The zero-order valence-corrected chi connectivity index (χ0v) is 11.3. The monoisotopic (exact) mass is 246 g/mol. The molecule has 0 aliphatic rings. The number of hydrogen-bond donors (Lipinski definition) is 1. The van der Waals surface area contributed by atoms with E-state index in [1.165, 1.54) is 10.4 Å². The van der Waals surface area contributed by atoms with E-state index in [2.05, 4.69) is 53.8 Å². The molecule has 2 aromatic rings. The molecular weight excluding hydrogens is 228 g/mol. The van der Waals surface area contributed by atoms with Crippen molar-refractivity contribution in [1.29, 1.82) is 0 Å². The van der Waals surface area contributed by atoms with Crippen molar-refractivity contribution in [2.24, 2.45) is 0 Å². The molecule has 0 aliphatic heterocycles. The Bertz CT molecular complexity index is 457. The zero-order chi connectivity index (χ0) is 12.3. The van der Waals surface area contributed by atoms with Gasteiger partial charge in [-0.25, -0.2) is 0 Å². The highest BCUT2D eigenvalue weighted by atomic mass is 32.1. The molecule has 3 heteroatoms. The molecule has 0 aromatic carbocycles. The summed E-state index contributed by atoms with van der Waals surface area (Å²) in [5.41, 5.74) is 3.47. The molecule has 0 spiro atoms. The summed E-state index contributed by atoms with van der Waals surface area (Å²) in [6.07, 6.45) is 0. The van der Waals surface area contributed by atoms with Gasteiger partial charge >= 0.3 is 0 Å². The van der Waals surface area contributed by atoms with Gasteiger partial charge in [0, 0.05) is 10.6 Å². The lowest BCUT2D eigenvalue weighted by atomic mass is 10.1. The summed E-state index contributed by atoms with van der Waals surface area (Å²) < 4.78 is 0. The average molecular weight is 246 g/mol. The van der Waals surface area contributed by atoms with Crippen LogP contribution in [0, 0.1) is 13.8 Å². The Morgan fingerprint density at radius 2 is 2.18 bits per heavy atom. The van der Waals surface area contributed by atoms with Gasteiger partial charge in [0.1, 0.15) is 0 Å². The van der Waals surface area contributed by atoms with Crippen molar-refractivity contribution in [3.05, 3.63) is 51.5 Å². The molecule has 0 saturated heterocycles. The number of pyridine rings is 1. The molecule has 2 heterocycles. The van der Waals surface area contributed by atoms with Crippen LogP contribution in [-0.4, -0.2) is 11.5 Å². The minimum Gasteiger partial charge on any atom is -0.305 e.